The van der Waals surface area contributed by atoms with Gasteiger partial charge in [0, 0.05) is 46.0 Å². The monoisotopic (exact) mass is 423 g/mol. The van der Waals surface area contributed by atoms with Gasteiger partial charge in [0.05, 0.1) is 18.3 Å². The molecule has 0 bridgehead atoms. The van der Waals surface area contributed by atoms with Crippen LogP contribution in [0.25, 0.3) is 0 Å². The average molecular weight is 424 g/mol. The van der Waals surface area contributed by atoms with Crippen molar-refractivity contribution in [3.63, 3.8) is 0 Å². The Morgan fingerprint density at radius 1 is 1.06 bits per heavy atom. The van der Waals surface area contributed by atoms with Gasteiger partial charge in [-0.25, -0.2) is 4.68 Å². The molecule has 1 fully saturated rings. The Balaban J connectivity index is 1.59. The molecule has 2 aromatic heterocycles. The third kappa shape index (κ3) is 4.32. The molecule has 1 aliphatic heterocycles. The Labute approximate surface area is 182 Å². The summed E-state index contributed by atoms with van der Waals surface area (Å²) in [5.74, 6) is 1.13. The number of nitrogens with zero attached hydrogens (tertiary/aromatic N) is 7. The lowest BCUT2D eigenvalue weighted by molar-refractivity contribution is 0.0558. The molecule has 1 amide bonds. The fraction of sp³-hybridized carbons (Fsp3) is 0.455. The lowest BCUT2D eigenvalue weighted by Gasteiger charge is -2.38. The Hall–Kier alpha value is -3.20. The van der Waals surface area contributed by atoms with Crippen LogP contribution in [-0.2, 0) is 0 Å². The highest BCUT2D eigenvalue weighted by atomic mass is 16.3. The second-order valence-corrected chi connectivity index (χ2v) is 8.27. The topological polar surface area (TPSA) is 83.5 Å². The minimum atomic E-state index is -0.0884. The van der Waals surface area contributed by atoms with E-state index < -0.39 is 0 Å². The quantitative estimate of drug-likeness (QED) is 0.602. The van der Waals surface area contributed by atoms with Crippen molar-refractivity contribution in [3.8, 4) is 0 Å². The van der Waals surface area contributed by atoms with Crippen molar-refractivity contribution >= 4 is 11.6 Å². The van der Waals surface area contributed by atoms with E-state index in [0.717, 1.165) is 30.2 Å². The van der Waals surface area contributed by atoms with Crippen LogP contribution in [0.5, 0.6) is 0 Å². The van der Waals surface area contributed by atoms with Crippen LogP contribution in [-0.4, -0.2) is 76.2 Å². The van der Waals surface area contributed by atoms with Crippen molar-refractivity contribution in [2.24, 2.45) is 0 Å². The first-order valence-corrected chi connectivity index (χ1v) is 10.6. The number of tetrazole rings is 1. The fourth-order valence-electron chi connectivity index (χ4n) is 3.97. The fourth-order valence-corrected chi connectivity index (χ4v) is 3.97. The van der Waals surface area contributed by atoms with E-state index in [0.29, 0.717) is 18.8 Å². The van der Waals surface area contributed by atoms with Crippen molar-refractivity contribution in [3.05, 3.63) is 59.8 Å². The molecule has 0 radical (unpaired) electrons. The predicted molar refractivity (Wildman–Crippen MR) is 117 cm³/mol. The highest BCUT2D eigenvalue weighted by Gasteiger charge is 2.32. The zero-order valence-electron chi connectivity index (χ0n) is 18.5. The number of furan rings is 1. The number of aromatic nitrogens is 4. The third-order valence-electron chi connectivity index (χ3n) is 5.68. The molecule has 9 nitrogen and oxygen atoms in total. The van der Waals surface area contributed by atoms with Gasteiger partial charge in [0.25, 0.3) is 5.91 Å². The maximum absolute atomic E-state index is 12.7. The van der Waals surface area contributed by atoms with Gasteiger partial charge < -0.3 is 14.2 Å². The summed E-state index contributed by atoms with van der Waals surface area (Å²) in [5.41, 5.74) is 2.27. The molecule has 9 heteroatoms. The summed E-state index contributed by atoms with van der Waals surface area (Å²) >= 11 is 0. The van der Waals surface area contributed by atoms with Crippen molar-refractivity contribution in [1.29, 1.82) is 0 Å². The van der Waals surface area contributed by atoms with Gasteiger partial charge in [0.15, 0.2) is 11.6 Å². The average Bonchev–Trinajstić information content (AvgIpc) is 3.47. The molecular weight excluding hydrogens is 394 g/mol. The van der Waals surface area contributed by atoms with Crippen LogP contribution >= 0.6 is 0 Å². The molecule has 0 spiro atoms. The molecule has 1 saturated heterocycles. The number of hydrogen-bond acceptors (Lipinski definition) is 7. The van der Waals surface area contributed by atoms with Gasteiger partial charge in [-0.1, -0.05) is 12.1 Å². The summed E-state index contributed by atoms with van der Waals surface area (Å²) in [6.45, 7) is 6.83. The van der Waals surface area contributed by atoms with Gasteiger partial charge in [-0.05, 0) is 54.1 Å². The summed E-state index contributed by atoms with van der Waals surface area (Å²) in [6, 6.07) is 12.0. The Morgan fingerprint density at radius 3 is 2.35 bits per heavy atom. The van der Waals surface area contributed by atoms with Gasteiger partial charge in [-0.3, -0.25) is 9.69 Å². The van der Waals surface area contributed by atoms with Crippen molar-refractivity contribution in [2.75, 3.05) is 45.2 Å². The first-order chi connectivity index (χ1) is 15.0. The van der Waals surface area contributed by atoms with Crippen LogP contribution in [0.4, 0.5) is 5.69 Å². The highest BCUT2D eigenvalue weighted by Crippen LogP contribution is 2.30. The molecule has 4 rings (SSSR count). The molecule has 31 heavy (non-hydrogen) atoms. The number of carbonyl (C=O) groups excluding carboxylic acids is 1. The van der Waals surface area contributed by atoms with Gasteiger partial charge in [0.1, 0.15) is 0 Å². The Kier molecular flexibility index (Phi) is 6.03. The van der Waals surface area contributed by atoms with Crippen LogP contribution < -0.4 is 4.90 Å². The standard InChI is InChI=1S/C22H29N7O2/c1-16(2)29-21(23-24-25-29)20(17-7-9-18(10-8-17)26(3)4)27-11-13-28(14-12-27)22(30)19-6-5-15-31-19/h5-10,15-16,20H,11-14H2,1-4H3. The van der Waals surface area contributed by atoms with E-state index in [2.05, 4.69) is 63.4 Å². The molecule has 1 atom stereocenters. The largest absolute Gasteiger partial charge is 0.459 e. The lowest BCUT2D eigenvalue weighted by atomic mass is 10.0. The first-order valence-electron chi connectivity index (χ1n) is 10.6. The molecule has 0 saturated carbocycles. The highest BCUT2D eigenvalue weighted by molar-refractivity contribution is 5.91. The first kappa shape index (κ1) is 21.0. The molecule has 1 unspecified atom stereocenters. The van der Waals surface area contributed by atoms with E-state index in [4.69, 9.17) is 4.42 Å². The number of rotatable bonds is 6. The number of carbonyl (C=O) groups is 1. The van der Waals surface area contributed by atoms with Gasteiger partial charge in [-0.15, -0.1) is 5.10 Å². The predicted octanol–water partition coefficient (Wildman–Crippen LogP) is 2.46. The normalized spacial score (nSPS) is 16.0. The molecule has 3 aromatic rings. The van der Waals surface area contributed by atoms with Crippen LogP contribution in [0.1, 0.15) is 47.9 Å². The maximum atomic E-state index is 12.7. The molecular formula is C22H29N7O2. The molecule has 0 aliphatic carbocycles. The van der Waals surface area contributed by atoms with E-state index in [1.807, 2.05) is 23.7 Å². The number of anilines is 1. The van der Waals surface area contributed by atoms with Gasteiger partial charge in [0.2, 0.25) is 0 Å². The van der Waals surface area contributed by atoms with Gasteiger partial charge >= 0.3 is 0 Å². The van der Waals surface area contributed by atoms with Gasteiger partial charge in [-0.2, -0.15) is 0 Å². The van der Waals surface area contributed by atoms with Crippen LogP contribution in [0, 0.1) is 0 Å². The summed E-state index contributed by atoms with van der Waals surface area (Å²) in [4.78, 5) is 18.9. The smallest absolute Gasteiger partial charge is 0.289 e. The van der Waals surface area contributed by atoms with Crippen molar-refractivity contribution < 1.29 is 9.21 Å². The van der Waals surface area contributed by atoms with Crippen LogP contribution in [0.2, 0.25) is 0 Å². The zero-order valence-corrected chi connectivity index (χ0v) is 18.5. The second-order valence-electron chi connectivity index (χ2n) is 8.27. The summed E-state index contributed by atoms with van der Waals surface area (Å²) < 4.78 is 7.16. The molecule has 0 N–H and O–H groups in total. The summed E-state index contributed by atoms with van der Waals surface area (Å²) in [6.07, 6.45) is 1.53. The minimum absolute atomic E-state index is 0.0662. The zero-order chi connectivity index (χ0) is 22.0. The van der Waals surface area contributed by atoms with Crippen molar-refractivity contribution in [1.82, 2.24) is 30.0 Å². The van der Waals surface area contributed by atoms with Crippen LogP contribution in [0.3, 0.4) is 0 Å². The summed E-state index contributed by atoms with van der Waals surface area (Å²) in [7, 11) is 4.06. The number of hydrogen-bond donors (Lipinski definition) is 0. The van der Waals surface area contributed by atoms with E-state index >= 15 is 0 Å². The van der Waals surface area contributed by atoms with E-state index in [1.165, 1.54) is 6.26 Å². The molecule has 3 heterocycles. The SMILES string of the molecule is CC(C)n1nnnc1C(c1ccc(N(C)C)cc1)N1CCN(C(=O)c2ccco2)CC1. The number of amides is 1. The van der Waals surface area contributed by atoms with Crippen LogP contribution in [0.15, 0.2) is 47.1 Å². The van der Waals surface area contributed by atoms with E-state index in [-0.39, 0.29) is 18.0 Å². The molecule has 1 aromatic carbocycles. The molecule has 164 valence electrons. The molecule has 1 aliphatic rings. The minimum Gasteiger partial charge on any atom is -0.459 e. The number of benzene rings is 1. The maximum Gasteiger partial charge on any atom is 0.289 e. The van der Waals surface area contributed by atoms with E-state index in [1.54, 1.807) is 12.1 Å². The Morgan fingerprint density at radius 2 is 1.77 bits per heavy atom. The Bertz CT molecular complexity index is 987. The second kappa shape index (κ2) is 8.89. The summed E-state index contributed by atoms with van der Waals surface area (Å²) in [5, 5.41) is 12.6. The lowest BCUT2D eigenvalue weighted by Crippen LogP contribution is -2.50. The van der Waals surface area contributed by atoms with Crippen molar-refractivity contribution in [2.45, 2.75) is 25.9 Å². The third-order valence-corrected chi connectivity index (χ3v) is 5.68. The van der Waals surface area contributed by atoms with E-state index in [9.17, 15) is 4.79 Å². The number of piperazine rings is 1.